The van der Waals surface area contributed by atoms with Gasteiger partial charge in [-0.3, -0.25) is 9.78 Å². The number of rotatable bonds is 4. The van der Waals surface area contributed by atoms with E-state index in [1.807, 2.05) is 12.1 Å². The molecule has 0 saturated carbocycles. The van der Waals surface area contributed by atoms with Crippen LogP contribution in [0, 0.1) is 0 Å². The summed E-state index contributed by atoms with van der Waals surface area (Å²) in [7, 11) is 0. The van der Waals surface area contributed by atoms with Gasteiger partial charge in [-0.25, -0.2) is 4.98 Å². The van der Waals surface area contributed by atoms with E-state index in [2.05, 4.69) is 15.3 Å². The van der Waals surface area contributed by atoms with E-state index in [1.165, 1.54) is 0 Å². The van der Waals surface area contributed by atoms with Crippen LogP contribution in [-0.4, -0.2) is 21.9 Å². The summed E-state index contributed by atoms with van der Waals surface area (Å²) in [6, 6.07) is 8.39. The van der Waals surface area contributed by atoms with Gasteiger partial charge >= 0.3 is 0 Å². The van der Waals surface area contributed by atoms with E-state index in [-0.39, 0.29) is 5.91 Å². The van der Waals surface area contributed by atoms with E-state index < -0.39 is 6.04 Å². The Morgan fingerprint density at radius 3 is 2.83 bits per heavy atom. The first-order valence-electron chi connectivity index (χ1n) is 5.62. The van der Waals surface area contributed by atoms with Crippen LogP contribution in [0.25, 0.3) is 0 Å². The lowest BCUT2D eigenvalue weighted by Gasteiger charge is -2.11. The number of amides is 1. The summed E-state index contributed by atoms with van der Waals surface area (Å²) in [6.45, 7) is 0. The first kappa shape index (κ1) is 12.2. The molecular formula is C13H14N4O. The first-order valence-corrected chi connectivity index (χ1v) is 5.62. The Morgan fingerprint density at radius 1 is 1.28 bits per heavy atom. The van der Waals surface area contributed by atoms with Crippen LogP contribution in [0.4, 0.5) is 5.82 Å². The van der Waals surface area contributed by atoms with Gasteiger partial charge in [0.15, 0.2) is 0 Å². The Morgan fingerprint density at radius 2 is 2.17 bits per heavy atom. The van der Waals surface area contributed by atoms with E-state index in [0.717, 1.165) is 5.56 Å². The van der Waals surface area contributed by atoms with Crippen LogP contribution in [0.2, 0.25) is 0 Å². The van der Waals surface area contributed by atoms with Gasteiger partial charge in [0.1, 0.15) is 5.82 Å². The van der Waals surface area contributed by atoms with Crippen LogP contribution in [0.15, 0.2) is 48.9 Å². The van der Waals surface area contributed by atoms with Gasteiger partial charge in [0.2, 0.25) is 5.91 Å². The summed E-state index contributed by atoms with van der Waals surface area (Å²) in [4.78, 5) is 19.8. The second kappa shape index (κ2) is 5.88. The van der Waals surface area contributed by atoms with Crippen molar-refractivity contribution in [2.24, 2.45) is 5.73 Å². The molecule has 0 aliphatic carbocycles. The van der Waals surface area contributed by atoms with E-state index in [1.54, 1.807) is 36.8 Å². The summed E-state index contributed by atoms with van der Waals surface area (Å²) in [5.41, 5.74) is 6.76. The van der Waals surface area contributed by atoms with Gasteiger partial charge in [-0.15, -0.1) is 0 Å². The number of hydrogen-bond acceptors (Lipinski definition) is 4. The quantitative estimate of drug-likeness (QED) is 0.837. The summed E-state index contributed by atoms with van der Waals surface area (Å²) in [5.74, 6) is 0.252. The molecule has 0 saturated heterocycles. The number of carbonyl (C=O) groups excluding carboxylic acids is 1. The zero-order valence-electron chi connectivity index (χ0n) is 9.78. The Hall–Kier alpha value is -2.27. The molecule has 0 aromatic carbocycles. The maximum atomic E-state index is 11.8. The summed E-state index contributed by atoms with van der Waals surface area (Å²) in [6.07, 6.45) is 5.45. The van der Waals surface area contributed by atoms with Crippen LogP contribution in [0.5, 0.6) is 0 Å². The highest BCUT2D eigenvalue weighted by molar-refractivity contribution is 5.94. The van der Waals surface area contributed by atoms with E-state index in [9.17, 15) is 4.79 Å². The lowest BCUT2D eigenvalue weighted by molar-refractivity contribution is -0.117. The minimum Gasteiger partial charge on any atom is -0.320 e. The van der Waals surface area contributed by atoms with E-state index >= 15 is 0 Å². The van der Waals surface area contributed by atoms with Gasteiger partial charge < -0.3 is 11.1 Å². The van der Waals surface area contributed by atoms with Gasteiger partial charge in [0.05, 0.1) is 6.04 Å². The SMILES string of the molecule is N[C@@H](Cc1cccnc1)C(=O)Nc1ccccn1. The standard InChI is InChI=1S/C13H14N4O/c14-11(8-10-4-3-6-15-9-10)13(18)17-12-5-1-2-7-16-12/h1-7,9,11H,8,14H2,(H,16,17,18)/t11-/m0/s1. The molecule has 2 aromatic heterocycles. The summed E-state index contributed by atoms with van der Waals surface area (Å²) in [5, 5.41) is 2.67. The van der Waals surface area contributed by atoms with Crippen molar-refractivity contribution in [1.29, 1.82) is 0 Å². The van der Waals surface area contributed by atoms with Crippen molar-refractivity contribution in [3.63, 3.8) is 0 Å². The van der Waals surface area contributed by atoms with Crippen molar-refractivity contribution < 1.29 is 4.79 Å². The molecule has 0 bridgehead atoms. The third-order valence-corrected chi connectivity index (χ3v) is 2.43. The molecule has 0 radical (unpaired) electrons. The van der Waals surface area contributed by atoms with Crippen LogP contribution in [-0.2, 0) is 11.2 Å². The van der Waals surface area contributed by atoms with Gasteiger partial charge in [-0.2, -0.15) is 0 Å². The first-order chi connectivity index (χ1) is 8.75. The number of aromatic nitrogens is 2. The number of pyridine rings is 2. The maximum Gasteiger partial charge on any atom is 0.242 e. The average Bonchev–Trinajstić information content (AvgIpc) is 2.41. The molecule has 1 amide bonds. The highest BCUT2D eigenvalue weighted by Gasteiger charge is 2.14. The molecule has 18 heavy (non-hydrogen) atoms. The predicted octanol–water partition coefficient (Wildman–Crippen LogP) is 0.985. The van der Waals surface area contributed by atoms with E-state index in [0.29, 0.717) is 12.2 Å². The van der Waals surface area contributed by atoms with Crippen molar-refractivity contribution >= 4 is 11.7 Å². The zero-order valence-corrected chi connectivity index (χ0v) is 9.78. The van der Waals surface area contributed by atoms with Crippen LogP contribution in [0.1, 0.15) is 5.56 Å². The van der Waals surface area contributed by atoms with Gasteiger partial charge in [-0.05, 0) is 30.2 Å². The molecule has 5 heteroatoms. The lowest BCUT2D eigenvalue weighted by Crippen LogP contribution is -2.37. The van der Waals surface area contributed by atoms with Gasteiger partial charge in [-0.1, -0.05) is 12.1 Å². The third-order valence-electron chi connectivity index (χ3n) is 2.43. The molecule has 2 rings (SSSR count). The topological polar surface area (TPSA) is 80.9 Å². The molecule has 0 aliphatic heterocycles. The normalized spacial score (nSPS) is 11.8. The van der Waals surface area contributed by atoms with Crippen LogP contribution >= 0.6 is 0 Å². The molecule has 2 heterocycles. The molecule has 92 valence electrons. The fraction of sp³-hybridized carbons (Fsp3) is 0.154. The Balaban J connectivity index is 1.93. The summed E-state index contributed by atoms with van der Waals surface area (Å²) >= 11 is 0. The third kappa shape index (κ3) is 3.36. The molecule has 1 atom stereocenters. The van der Waals surface area contributed by atoms with Crippen molar-refractivity contribution in [1.82, 2.24) is 9.97 Å². The number of anilines is 1. The maximum absolute atomic E-state index is 11.8. The fourth-order valence-electron chi connectivity index (χ4n) is 1.52. The Kier molecular flexibility index (Phi) is 3.98. The average molecular weight is 242 g/mol. The molecule has 2 aromatic rings. The van der Waals surface area contributed by atoms with Crippen molar-refractivity contribution in [3.05, 3.63) is 54.5 Å². The molecular weight excluding hydrogens is 228 g/mol. The molecule has 3 N–H and O–H groups in total. The predicted molar refractivity (Wildman–Crippen MR) is 68.8 cm³/mol. The van der Waals surface area contributed by atoms with Crippen molar-refractivity contribution in [2.75, 3.05) is 5.32 Å². The second-order valence-electron chi connectivity index (χ2n) is 3.88. The molecule has 0 spiro atoms. The zero-order chi connectivity index (χ0) is 12.8. The lowest BCUT2D eigenvalue weighted by atomic mass is 10.1. The molecule has 5 nitrogen and oxygen atoms in total. The fourth-order valence-corrected chi connectivity index (χ4v) is 1.52. The number of nitrogens with one attached hydrogen (secondary N) is 1. The summed E-state index contributed by atoms with van der Waals surface area (Å²) < 4.78 is 0. The van der Waals surface area contributed by atoms with Crippen molar-refractivity contribution in [2.45, 2.75) is 12.5 Å². The number of nitrogens with zero attached hydrogens (tertiary/aromatic N) is 2. The number of carbonyl (C=O) groups is 1. The Labute approximate surface area is 105 Å². The minimum atomic E-state index is -0.615. The number of nitrogens with two attached hydrogens (primary N) is 1. The monoisotopic (exact) mass is 242 g/mol. The molecule has 0 fully saturated rings. The molecule has 0 unspecified atom stereocenters. The van der Waals surface area contributed by atoms with Crippen molar-refractivity contribution in [3.8, 4) is 0 Å². The van der Waals surface area contributed by atoms with Crippen LogP contribution in [0.3, 0.4) is 0 Å². The second-order valence-corrected chi connectivity index (χ2v) is 3.88. The van der Waals surface area contributed by atoms with E-state index in [4.69, 9.17) is 5.73 Å². The highest BCUT2D eigenvalue weighted by Crippen LogP contribution is 2.04. The number of hydrogen-bond donors (Lipinski definition) is 2. The minimum absolute atomic E-state index is 0.252. The largest absolute Gasteiger partial charge is 0.320 e. The molecule has 0 aliphatic rings. The highest BCUT2D eigenvalue weighted by atomic mass is 16.2. The van der Waals surface area contributed by atoms with Gasteiger partial charge in [0.25, 0.3) is 0 Å². The van der Waals surface area contributed by atoms with Gasteiger partial charge in [0, 0.05) is 18.6 Å². The smallest absolute Gasteiger partial charge is 0.242 e. The van der Waals surface area contributed by atoms with Crippen LogP contribution < -0.4 is 11.1 Å². The Bertz CT molecular complexity index is 501.